The molecular formula is C9H13FO3. The predicted octanol–water partition coefficient (Wildman–Crippen LogP) is 0.659. The average Bonchev–Trinajstić information content (AvgIpc) is 2.45. The largest absolute Gasteiger partial charge is 0.464 e. The van der Waals surface area contributed by atoms with Gasteiger partial charge >= 0.3 is 5.97 Å². The highest BCUT2D eigenvalue weighted by Gasteiger charge is 2.75. The molecule has 2 rings (SSSR count). The average molecular weight is 188 g/mol. The Balaban J connectivity index is 1.99. The van der Waals surface area contributed by atoms with Crippen molar-refractivity contribution in [1.82, 2.24) is 0 Å². The third kappa shape index (κ3) is 1.08. The Bertz CT molecular complexity index is 229. The molecule has 2 fully saturated rings. The van der Waals surface area contributed by atoms with Gasteiger partial charge in [0.05, 0.1) is 12.7 Å². The molecule has 0 bridgehead atoms. The van der Waals surface area contributed by atoms with E-state index in [1.54, 1.807) is 6.92 Å². The maximum absolute atomic E-state index is 13.8. The van der Waals surface area contributed by atoms with Crippen LogP contribution in [0, 0.1) is 11.8 Å². The smallest absolute Gasteiger partial charge is 0.344 e. The molecule has 0 aliphatic heterocycles. The van der Waals surface area contributed by atoms with Gasteiger partial charge in [-0.3, -0.25) is 0 Å². The van der Waals surface area contributed by atoms with E-state index in [1.165, 1.54) is 0 Å². The van der Waals surface area contributed by atoms with Crippen molar-refractivity contribution < 1.29 is 19.0 Å². The number of fused-ring (bicyclic) bond motifs is 1. The van der Waals surface area contributed by atoms with Crippen molar-refractivity contribution in [1.29, 1.82) is 0 Å². The summed E-state index contributed by atoms with van der Waals surface area (Å²) in [5, 5.41) is 9.16. The second-order valence-electron chi connectivity index (χ2n) is 3.83. The van der Waals surface area contributed by atoms with Crippen LogP contribution in [0.1, 0.15) is 19.8 Å². The maximum Gasteiger partial charge on any atom is 0.344 e. The van der Waals surface area contributed by atoms with Gasteiger partial charge in [-0.1, -0.05) is 0 Å². The zero-order valence-corrected chi connectivity index (χ0v) is 7.50. The van der Waals surface area contributed by atoms with Crippen molar-refractivity contribution in [3.05, 3.63) is 0 Å². The van der Waals surface area contributed by atoms with E-state index in [2.05, 4.69) is 4.74 Å². The third-order valence-corrected chi connectivity index (χ3v) is 3.10. The van der Waals surface area contributed by atoms with Gasteiger partial charge in [-0.15, -0.1) is 0 Å². The van der Waals surface area contributed by atoms with Gasteiger partial charge in [0.1, 0.15) is 0 Å². The van der Waals surface area contributed by atoms with E-state index in [-0.39, 0.29) is 18.4 Å². The zero-order chi connectivity index (χ0) is 9.64. The standard InChI is InChI=1S/C9H13FO3/c1-2-13-8(12)9(10)6-3-5(11)4-7(6)9/h5-7,11H,2-4H2,1H3. The molecule has 2 unspecified atom stereocenters. The molecule has 0 radical (unpaired) electrons. The summed E-state index contributed by atoms with van der Waals surface area (Å²) in [5.74, 6) is -1.32. The Morgan fingerprint density at radius 2 is 2.15 bits per heavy atom. The fraction of sp³-hybridized carbons (Fsp3) is 0.889. The van der Waals surface area contributed by atoms with Gasteiger partial charge in [-0.25, -0.2) is 9.18 Å². The number of hydrogen-bond donors (Lipinski definition) is 1. The summed E-state index contributed by atoms with van der Waals surface area (Å²) in [6.45, 7) is 1.88. The number of carbonyl (C=O) groups is 1. The minimum Gasteiger partial charge on any atom is -0.464 e. The first-order valence-electron chi connectivity index (χ1n) is 4.64. The van der Waals surface area contributed by atoms with Crippen LogP contribution in [0.15, 0.2) is 0 Å². The first kappa shape index (κ1) is 8.94. The summed E-state index contributed by atoms with van der Waals surface area (Å²) in [6, 6.07) is 0. The van der Waals surface area contributed by atoms with E-state index >= 15 is 0 Å². The number of aliphatic hydroxyl groups excluding tert-OH is 1. The molecule has 0 spiro atoms. The van der Waals surface area contributed by atoms with Crippen molar-refractivity contribution >= 4 is 5.97 Å². The van der Waals surface area contributed by atoms with Crippen LogP contribution in [0.2, 0.25) is 0 Å². The molecule has 1 N–H and O–H groups in total. The van der Waals surface area contributed by atoms with Gasteiger partial charge in [-0.05, 0) is 19.8 Å². The Kier molecular flexibility index (Phi) is 1.84. The number of hydrogen-bond acceptors (Lipinski definition) is 3. The van der Waals surface area contributed by atoms with Crippen LogP contribution in [-0.2, 0) is 9.53 Å². The van der Waals surface area contributed by atoms with Crippen molar-refractivity contribution in [3.8, 4) is 0 Å². The van der Waals surface area contributed by atoms with Gasteiger partial charge in [0.25, 0.3) is 0 Å². The molecule has 2 aliphatic rings. The molecule has 13 heavy (non-hydrogen) atoms. The van der Waals surface area contributed by atoms with E-state index in [1.807, 2.05) is 0 Å². The van der Waals surface area contributed by atoms with Gasteiger partial charge in [0, 0.05) is 11.8 Å². The molecule has 4 heteroatoms. The predicted molar refractivity (Wildman–Crippen MR) is 42.7 cm³/mol. The summed E-state index contributed by atoms with van der Waals surface area (Å²) in [7, 11) is 0. The molecule has 74 valence electrons. The Hall–Kier alpha value is -0.640. The van der Waals surface area contributed by atoms with Crippen LogP contribution < -0.4 is 0 Å². The van der Waals surface area contributed by atoms with Crippen molar-refractivity contribution in [2.45, 2.75) is 31.5 Å². The number of esters is 1. The van der Waals surface area contributed by atoms with Crippen molar-refractivity contribution in [2.75, 3.05) is 6.61 Å². The Morgan fingerprint density at radius 3 is 2.62 bits per heavy atom. The van der Waals surface area contributed by atoms with Gasteiger partial charge in [0.2, 0.25) is 5.67 Å². The lowest BCUT2D eigenvalue weighted by atomic mass is 10.1. The van der Waals surface area contributed by atoms with Crippen LogP contribution in [0.3, 0.4) is 0 Å². The third-order valence-electron chi connectivity index (χ3n) is 3.10. The minimum absolute atomic E-state index is 0.215. The van der Waals surface area contributed by atoms with Gasteiger partial charge in [-0.2, -0.15) is 0 Å². The van der Waals surface area contributed by atoms with Crippen molar-refractivity contribution in [2.24, 2.45) is 11.8 Å². The monoisotopic (exact) mass is 188 g/mol. The first-order chi connectivity index (χ1) is 6.10. The molecule has 0 amide bonds. The molecule has 0 saturated heterocycles. The normalized spacial score (nSPS) is 47.2. The lowest BCUT2D eigenvalue weighted by Gasteiger charge is -2.12. The Labute approximate surface area is 75.9 Å². The zero-order valence-electron chi connectivity index (χ0n) is 7.50. The molecule has 2 atom stereocenters. The van der Waals surface area contributed by atoms with Crippen LogP contribution >= 0.6 is 0 Å². The minimum atomic E-state index is -1.77. The summed E-state index contributed by atoms with van der Waals surface area (Å²) in [5.41, 5.74) is -1.77. The summed E-state index contributed by atoms with van der Waals surface area (Å²) < 4.78 is 18.4. The number of carbonyl (C=O) groups excluding carboxylic acids is 1. The van der Waals surface area contributed by atoms with E-state index in [0.717, 1.165) is 0 Å². The van der Waals surface area contributed by atoms with Crippen LogP contribution in [0.25, 0.3) is 0 Å². The molecule has 3 nitrogen and oxygen atoms in total. The summed E-state index contributed by atoms with van der Waals surface area (Å²) in [6.07, 6.45) is 0.383. The number of rotatable bonds is 2. The van der Waals surface area contributed by atoms with E-state index in [4.69, 9.17) is 5.11 Å². The fourth-order valence-electron chi connectivity index (χ4n) is 2.40. The number of aliphatic hydroxyl groups is 1. The van der Waals surface area contributed by atoms with E-state index < -0.39 is 17.7 Å². The molecule has 0 aromatic carbocycles. The Morgan fingerprint density at radius 1 is 1.62 bits per heavy atom. The number of alkyl halides is 1. The van der Waals surface area contributed by atoms with Crippen LogP contribution in [0.4, 0.5) is 4.39 Å². The molecule has 2 aliphatic carbocycles. The second-order valence-corrected chi connectivity index (χ2v) is 3.83. The lowest BCUT2D eigenvalue weighted by Crippen LogP contribution is -2.28. The van der Waals surface area contributed by atoms with Gasteiger partial charge < -0.3 is 9.84 Å². The summed E-state index contributed by atoms with van der Waals surface area (Å²) >= 11 is 0. The van der Waals surface area contributed by atoms with E-state index in [0.29, 0.717) is 12.8 Å². The molecular weight excluding hydrogens is 175 g/mol. The van der Waals surface area contributed by atoms with Crippen molar-refractivity contribution in [3.63, 3.8) is 0 Å². The summed E-state index contributed by atoms with van der Waals surface area (Å²) in [4.78, 5) is 11.2. The SMILES string of the molecule is CCOC(=O)C1(F)C2CC(O)CC21. The highest BCUT2D eigenvalue weighted by Crippen LogP contribution is 2.63. The van der Waals surface area contributed by atoms with Crippen LogP contribution in [-0.4, -0.2) is 29.5 Å². The number of halogens is 1. The van der Waals surface area contributed by atoms with Crippen LogP contribution in [0.5, 0.6) is 0 Å². The molecule has 2 saturated carbocycles. The fourth-order valence-corrected chi connectivity index (χ4v) is 2.40. The van der Waals surface area contributed by atoms with E-state index in [9.17, 15) is 9.18 Å². The second kappa shape index (κ2) is 2.67. The first-order valence-corrected chi connectivity index (χ1v) is 4.64. The topological polar surface area (TPSA) is 46.5 Å². The molecule has 0 aromatic heterocycles. The highest BCUT2D eigenvalue weighted by atomic mass is 19.1. The quantitative estimate of drug-likeness (QED) is 0.647. The molecule has 0 heterocycles. The maximum atomic E-state index is 13.8. The lowest BCUT2D eigenvalue weighted by molar-refractivity contribution is -0.153. The van der Waals surface area contributed by atoms with Gasteiger partial charge in [0.15, 0.2) is 0 Å². The highest BCUT2D eigenvalue weighted by molar-refractivity contribution is 5.84. The molecule has 0 aromatic rings. The number of ether oxygens (including phenoxy) is 1.